The summed E-state index contributed by atoms with van der Waals surface area (Å²) >= 11 is 0. The number of sulfonamides is 1. The van der Waals surface area contributed by atoms with Gasteiger partial charge in [-0.2, -0.15) is 5.26 Å². The first-order valence-corrected chi connectivity index (χ1v) is 9.39. The van der Waals surface area contributed by atoms with E-state index in [2.05, 4.69) is 11.1 Å². The highest BCUT2D eigenvalue weighted by Gasteiger charge is 2.22. The molecule has 130 valence electrons. The van der Waals surface area contributed by atoms with Crippen LogP contribution in [0.4, 0.5) is 5.82 Å². The third-order valence-electron chi connectivity index (χ3n) is 4.06. The van der Waals surface area contributed by atoms with Crippen LogP contribution in [0.2, 0.25) is 0 Å². The fourth-order valence-corrected chi connectivity index (χ4v) is 3.69. The van der Waals surface area contributed by atoms with E-state index in [1.54, 1.807) is 48.5 Å². The monoisotopic (exact) mass is 363 g/mol. The smallest absolute Gasteiger partial charge is 0.253 e. The van der Waals surface area contributed by atoms with Crippen molar-refractivity contribution < 1.29 is 8.42 Å². The molecular weight excluding hydrogens is 346 g/mol. The van der Waals surface area contributed by atoms with E-state index in [-0.39, 0.29) is 4.90 Å². The Kier molecular flexibility index (Phi) is 4.74. The van der Waals surface area contributed by atoms with Gasteiger partial charge in [-0.25, -0.2) is 13.4 Å². The average molecular weight is 363 g/mol. The summed E-state index contributed by atoms with van der Waals surface area (Å²) in [6, 6.07) is 21.1. The molecule has 0 unspecified atom stereocenters. The average Bonchev–Trinajstić information content (AvgIpc) is 2.67. The lowest BCUT2D eigenvalue weighted by molar-refractivity contribution is 0.594. The van der Waals surface area contributed by atoms with Crippen LogP contribution in [0.5, 0.6) is 0 Å². The fraction of sp³-hybridized carbons (Fsp3) is 0.100. The molecule has 0 bridgehead atoms. The first kappa shape index (κ1) is 17.6. The van der Waals surface area contributed by atoms with Crippen LogP contribution < -0.4 is 4.31 Å². The highest BCUT2D eigenvalue weighted by molar-refractivity contribution is 7.92. The van der Waals surface area contributed by atoms with E-state index >= 15 is 0 Å². The van der Waals surface area contributed by atoms with E-state index in [0.29, 0.717) is 11.4 Å². The number of nitriles is 1. The van der Waals surface area contributed by atoms with Gasteiger partial charge < -0.3 is 0 Å². The standard InChI is InChI=1S/C20H17N3O2S/c1-15-4-3-5-20(22-15)23(2)26(24,25)19-12-10-18(11-13-19)17-8-6-16(14-21)7-9-17/h3-13H,1-2H3. The van der Waals surface area contributed by atoms with Crippen molar-refractivity contribution in [3.63, 3.8) is 0 Å². The van der Waals surface area contributed by atoms with E-state index in [1.165, 1.54) is 11.4 Å². The summed E-state index contributed by atoms with van der Waals surface area (Å²) in [5.41, 5.74) is 3.13. The van der Waals surface area contributed by atoms with Crippen molar-refractivity contribution in [2.45, 2.75) is 11.8 Å². The topological polar surface area (TPSA) is 74.1 Å². The van der Waals surface area contributed by atoms with Crippen LogP contribution in [0, 0.1) is 18.3 Å². The molecule has 0 saturated carbocycles. The number of nitrogens with zero attached hydrogens (tertiary/aromatic N) is 3. The molecule has 0 aliphatic carbocycles. The third kappa shape index (κ3) is 3.44. The maximum atomic E-state index is 12.8. The summed E-state index contributed by atoms with van der Waals surface area (Å²) in [4.78, 5) is 4.46. The van der Waals surface area contributed by atoms with Crippen molar-refractivity contribution in [2.75, 3.05) is 11.4 Å². The minimum absolute atomic E-state index is 0.195. The van der Waals surface area contributed by atoms with Gasteiger partial charge in [0.1, 0.15) is 5.82 Å². The van der Waals surface area contributed by atoms with Gasteiger partial charge in [0.2, 0.25) is 0 Å². The predicted molar refractivity (Wildman–Crippen MR) is 101 cm³/mol. The van der Waals surface area contributed by atoms with E-state index in [4.69, 9.17) is 5.26 Å². The molecule has 0 N–H and O–H groups in total. The SMILES string of the molecule is Cc1cccc(N(C)S(=O)(=O)c2ccc(-c3ccc(C#N)cc3)cc2)n1. The maximum Gasteiger partial charge on any atom is 0.265 e. The Morgan fingerprint density at radius 1 is 0.923 bits per heavy atom. The molecule has 1 heterocycles. The Labute approximate surface area is 153 Å². The molecule has 0 spiro atoms. The lowest BCUT2D eigenvalue weighted by atomic mass is 10.0. The number of hydrogen-bond donors (Lipinski definition) is 0. The number of hydrogen-bond acceptors (Lipinski definition) is 4. The van der Waals surface area contributed by atoms with Crippen LogP contribution >= 0.6 is 0 Å². The summed E-state index contributed by atoms with van der Waals surface area (Å²) in [5, 5.41) is 8.86. The van der Waals surface area contributed by atoms with Crippen LogP contribution in [-0.2, 0) is 10.0 Å². The van der Waals surface area contributed by atoms with Gasteiger partial charge in [0.05, 0.1) is 16.5 Å². The highest BCUT2D eigenvalue weighted by Crippen LogP contribution is 2.25. The molecule has 0 aliphatic heterocycles. The summed E-state index contributed by atoms with van der Waals surface area (Å²) in [7, 11) is -2.20. The molecule has 0 atom stereocenters. The minimum atomic E-state index is -3.69. The lowest BCUT2D eigenvalue weighted by Crippen LogP contribution is -2.27. The van der Waals surface area contributed by atoms with Gasteiger partial charge >= 0.3 is 0 Å². The quantitative estimate of drug-likeness (QED) is 0.707. The number of aryl methyl sites for hydroxylation is 1. The van der Waals surface area contributed by atoms with Crippen LogP contribution in [0.3, 0.4) is 0 Å². The molecule has 5 nitrogen and oxygen atoms in total. The number of aromatic nitrogens is 1. The second kappa shape index (κ2) is 6.98. The van der Waals surface area contributed by atoms with Crippen molar-refractivity contribution in [1.29, 1.82) is 5.26 Å². The molecule has 0 fully saturated rings. The summed E-state index contributed by atoms with van der Waals surface area (Å²) in [6.45, 7) is 1.82. The molecular formula is C20H17N3O2S. The van der Waals surface area contributed by atoms with Crippen LogP contribution in [-0.4, -0.2) is 20.4 Å². The molecule has 0 amide bonds. The van der Waals surface area contributed by atoms with Gasteiger partial charge in [-0.15, -0.1) is 0 Å². The highest BCUT2D eigenvalue weighted by atomic mass is 32.2. The van der Waals surface area contributed by atoms with Gasteiger partial charge in [0.25, 0.3) is 10.0 Å². The van der Waals surface area contributed by atoms with Gasteiger partial charge in [0.15, 0.2) is 0 Å². The Hall–Kier alpha value is -3.17. The van der Waals surface area contributed by atoms with Gasteiger partial charge in [0, 0.05) is 12.7 Å². The van der Waals surface area contributed by atoms with Crippen LogP contribution in [0.1, 0.15) is 11.3 Å². The molecule has 0 radical (unpaired) electrons. The van der Waals surface area contributed by atoms with E-state index in [0.717, 1.165) is 16.8 Å². The molecule has 0 aliphatic rings. The summed E-state index contributed by atoms with van der Waals surface area (Å²) < 4.78 is 26.8. The maximum absolute atomic E-state index is 12.8. The first-order valence-electron chi connectivity index (χ1n) is 7.95. The van der Waals surface area contributed by atoms with Crippen molar-refractivity contribution in [3.8, 4) is 17.2 Å². The Balaban J connectivity index is 1.90. The number of benzene rings is 2. The van der Waals surface area contributed by atoms with E-state index in [9.17, 15) is 8.42 Å². The zero-order valence-electron chi connectivity index (χ0n) is 14.4. The molecule has 2 aromatic carbocycles. The molecule has 6 heteroatoms. The van der Waals surface area contributed by atoms with Crippen molar-refractivity contribution >= 4 is 15.8 Å². The summed E-state index contributed by atoms with van der Waals surface area (Å²) in [5.74, 6) is 0.376. The van der Waals surface area contributed by atoms with E-state index in [1.807, 2.05) is 25.1 Å². The van der Waals surface area contributed by atoms with Crippen molar-refractivity contribution in [1.82, 2.24) is 4.98 Å². The Morgan fingerprint density at radius 2 is 1.50 bits per heavy atom. The molecule has 1 aromatic heterocycles. The normalized spacial score (nSPS) is 11.0. The molecule has 0 saturated heterocycles. The van der Waals surface area contributed by atoms with Crippen LogP contribution in [0.15, 0.2) is 71.6 Å². The fourth-order valence-electron chi connectivity index (χ4n) is 2.54. The van der Waals surface area contributed by atoms with Crippen molar-refractivity contribution in [2.24, 2.45) is 0 Å². The second-order valence-electron chi connectivity index (χ2n) is 5.82. The van der Waals surface area contributed by atoms with Gasteiger partial charge in [-0.3, -0.25) is 4.31 Å². The predicted octanol–water partition coefficient (Wildman–Crippen LogP) is 3.75. The Morgan fingerprint density at radius 3 is 2.04 bits per heavy atom. The zero-order valence-corrected chi connectivity index (χ0v) is 15.2. The first-order chi connectivity index (χ1) is 12.4. The number of pyridine rings is 1. The minimum Gasteiger partial charge on any atom is -0.253 e. The summed E-state index contributed by atoms with van der Waals surface area (Å²) in [6.07, 6.45) is 0. The lowest BCUT2D eigenvalue weighted by Gasteiger charge is -2.19. The molecule has 26 heavy (non-hydrogen) atoms. The Bertz CT molecular complexity index is 1070. The second-order valence-corrected chi connectivity index (χ2v) is 7.79. The largest absolute Gasteiger partial charge is 0.265 e. The van der Waals surface area contributed by atoms with E-state index < -0.39 is 10.0 Å². The number of anilines is 1. The van der Waals surface area contributed by atoms with Gasteiger partial charge in [-0.05, 0) is 54.4 Å². The van der Waals surface area contributed by atoms with Gasteiger partial charge in [-0.1, -0.05) is 30.3 Å². The molecule has 3 rings (SSSR count). The van der Waals surface area contributed by atoms with Crippen molar-refractivity contribution in [3.05, 3.63) is 78.0 Å². The van der Waals surface area contributed by atoms with Crippen LogP contribution in [0.25, 0.3) is 11.1 Å². The third-order valence-corrected chi connectivity index (χ3v) is 5.83. The zero-order chi connectivity index (χ0) is 18.7. The molecule has 3 aromatic rings. The number of rotatable bonds is 4.